The molecule has 242 valence electrons. The van der Waals surface area contributed by atoms with Crippen LogP contribution in [0.4, 0.5) is 5.95 Å². The molecule has 7 rings (SSSR count). The van der Waals surface area contributed by atoms with Crippen molar-refractivity contribution in [2.24, 2.45) is 5.92 Å². The summed E-state index contributed by atoms with van der Waals surface area (Å²) >= 11 is 5.17. The fraction of sp³-hybridized carbons (Fsp3) is 0.524. The Morgan fingerprint density at radius 2 is 1.67 bits per heavy atom. The monoisotopic (exact) mass is 689 g/mol. The average Bonchev–Trinajstić information content (AvgIpc) is 3.72. The second-order valence-corrected chi connectivity index (χ2v) is 13.8. The summed E-state index contributed by atoms with van der Waals surface area (Å²) in [6.07, 6.45) is -5.26. The topological polar surface area (TPSA) is 297 Å². The van der Waals surface area contributed by atoms with Gasteiger partial charge in [0.05, 0.1) is 44.3 Å². The molecule has 1 aliphatic carbocycles. The van der Waals surface area contributed by atoms with Gasteiger partial charge in [-0.05, 0) is 6.42 Å². The lowest BCUT2D eigenvalue weighted by Gasteiger charge is -2.26. The van der Waals surface area contributed by atoms with Gasteiger partial charge >= 0.3 is 15.6 Å². The summed E-state index contributed by atoms with van der Waals surface area (Å²) in [4.78, 5) is 55.1. The summed E-state index contributed by atoms with van der Waals surface area (Å²) in [7, 11) is -10.00. The zero-order valence-electron chi connectivity index (χ0n) is 22.6. The number of rotatable bonds is 2. The molecule has 2 bridgehead atoms. The van der Waals surface area contributed by atoms with Crippen LogP contribution in [-0.2, 0) is 32.0 Å². The minimum atomic E-state index is -5.02. The van der Waals surface area contributed by atoms with E-state index in [1.807, 2.05) is 0 Å². The van der Waals surface area contributed by atoms with Gasteiger partial charge in [0.2, 0.25) is 5.95 Å². The first-order valence-corrected chi connectivity index (χ1v) is 16.7. The Balaban J connectivity index is 1.21. The molecule has 3 aliphatic rings. The Bertz CT molecular complexity index is 2000. The molecule has 4 aromatic heterocycles. The lowest BCUT2D eigenvalue weighted by Crippen LogP contribution is -2.36. The first kappa shape index (κ1) is 30.7. The molecule has 10 atom stereocenters. The number of aromatic amines is 2. The van der Waals surface area contributed by atoms with Crippen molar-refractivity contribution in [1.29, 1.82) is 0 Å². The van der Waals surface area contributed by atoms with Crippen LogP contribution >= 0.6 is 27.9 Å². The van der Waals surface area contributed by atoms with Crippen LogP contribution < -0.4 is 11.3 Å². The van der Waals surface area contributed by atoms with Crippen molar-refractivity contribution in [1.82, 2.24) is 39.0 Å². The molecule has 0 radical (unpaired) electrons. The van der Waals surface area contributed by atoms with Crippen LogP contribution in [0.5, 0.6) is 0 Å². The fourth-order valence-corrected chi connectivity index (χ4v) is 8.02. The zero-order chi connectivity index (χ0) is 31.8. The maximum Gasteiger partial charge on any atom is 0.472 e. The molecule has 45 heavy (non-hydrogen) atoms. The molecule has 2 aliphatic heterocycles. The number of fused-ring (bicyclic) bond motifs is 5. The van der Waals surface area contributed by atoms with E-state index >= 15 is 0 Å². The fourth-order valence-electron chi connectivity index (χ4n) is 5.84. The molecule has 21 nitrogen and oxygen atoms in total. The summed E-state index contributed by atoms with van der Waals surface area (Å²) in [6.45, 7) is -1.37. The van der Waals surface area contributed by atoms with Gasteiger partial charge in [-0.1, -0.05) is 12.2 Å². The number of nitrogens with one attached hydrogen (secondary N) is 2. The lowest BCUT2D eigenvalue weighted by molar-refractivity contribution is -0.0552. The maximum atomic E-state index is 13.2. The van der Waals surface area contributed by atoms with E-state index in [0.717, 1.165) is 0 Å². The molecule has 4 aromatic rings. The summed E-state index contributed by atoms with van der Waals surface area (Å²) in [6, 6.07) is -0.991. The molecule has 4 unspecified atom stereocenters. The Morgan fingerprint density at radius 3 is 2.44 bits per heavy atom. The number of phosphoric acid groups is 2. The van der Waals surface area contributed by atoms with Gasteiger partial charge in [-0.2, -0.15) is 4.98 Å². The van der Waals surface area contributed by atoms with Gasteiger partial charge in [0.25, 0.3) is 5.56 Å². The molecule has 1 saturated carbocycles. The molecule has 24 heteroatoms. The van der Waals surface area contributed by atoms with Crippen LogP contribution in [0, 0.1) is 10.6 Å². The van der Waals surface area contributed by atoms with Gasteiger partial charge in [-0.3, -0.25) is 32.4 Å². The van der Waals surface area contributed by atoms with Crippen molar-refractivity contribution in [2.45, 2.75) is 49.2 Å². The van der Waals surface area contributed by atoms with E-state index in [4.69, 9.17) is 40.8 Å². The molecular weight excluding hydrogens is 664 g/mol. The number of phosphoric ester groups is 2. The van der Waals surface area contributed by atoms with E-state index in [1.165, 1.54) is 28.1 Å². The van der Waals surface area contributed by atoms with E-state index in [-0.39, 0.29) is 33.7 Å². The van der Waals surface area contributed by atoms with E-state index in [2.05, 4.69) is 29.9 Å². The van der Waals surface area contributed by atoms with Gasteiger partial charge in [0, 0.05) is 5.92 Å². The van der Waals surface area contributed by atoms with Crippen molar-refractivity contribution < 1.29 is 52.0 Å². The number of hydrogen-bond donors (Lipinski definition) is 7. The van der Waals surface area contributed by atoms with E-state index in [0.29, 0.717) is 5.65 Å². The number of aliphatic hydroxyl groups is 2. The number of nitrogen functional groups attached to an aromatic ring is 1. The van der Waals surface area contributed by atoms with Crippen LogP contribution in [0.2, 0.25) is 0 Å². The highest BCUT2D eigenvalue weighted by Gasteiger charge is 2.53. The van der Waals surface area contributed by atoms with Crippen molar-refractivity contribution in [3.05, 3.63) is 34.0 Å². The Labute approximate surface area is 255 Å². The minimum Gasteiger partial charge on any atom is -0.390 e. The number of ether oxygens (including phenoxy) is 1. The number of anilines is 1. The number of aliphatic hydroxyl groups excluding tert-OH is 2. The summed E-state index contributed by atoms with van der Waals surface area (Å²) in [5.74, 6) is -1.19. The van der Waals surface area contributed by atoms with Crippen LogP contribution in [0.15, 0.2) is 23.8 Å². The lowest BCUT2D eigenvalue weighted by atomic mass is 10.1. The third-order valence-electron chi connectivity index (χ3n) is 7.88. The minimum absolute atomic E-state index is 0.0000274. The van der Waals surface area contributed by atoms with E-state index in [9.17, 15) is 33.9 Å². The van der Waals surface area contributed by atoms with Crippen molar-refractivity contribution >= 4 is 56.1 Å². The maximum absolute atomic E-state index is 13.2. The van der Waals surface area contributed by atoms with Crippen molar-refractivity contribution in [3.63, 3.8) is 0 Å². The Morgan fingerprint density at radius 1 is 0.978 bits per heavy atom. The van der Waals surface area contributed by atoms with Gasteiger partial charge in [-0.15, -0.1) is 0 Å². The predicted molar refractivity (Wildman–Crippen MR) is 150 cm³/mol. The molecule has 0 spiro atoms. The van der Waals surface area contributed by atoms with E-state index < -0.39 is 83.1 Å². The Kier molecular flexibility index (Phi) is 7.55. The van der Waals surface area contributed by atoms with Crippen molar-refractivity contribution in [3.8, 4) is 0 Å². The van der Waals surface area contributed by atoms with Crippen LogP contribution in [0.1, 0.15) is 18.7 Å². The van der Waals surface area contributed by atoms with Gasteiger partial charge in [-0.25, -0.2) is 24.1 Å². The highest BCUT2D eigenvalue weighted by Crippen LogP contribution is 2.55. The predicted octanol–water partition coefficient (Wildman–Crippen LogP) is -0.598. The average molecular weight is 689 g/mol. The zero-order valence-corrected chi connectivity index (χ0v) is 25.2. The molecule has 0 aromatic carbocycles. The number of nitrogens with two attached hydrogens (primary N) is 1. The SMILES string of the molecule is Nc1nc2c(ncn2[C@@H]2C[C@@H]3COP(=O)(O)OC4[C@@H](COP(=O)(O)O[C@H]2C3O)O[C@@H](n2cnc3c(=S)nc[nH]c32)[C@H]4O)c(=O)[nH]1. The third-order valence-corrected chi connectivity index (χ3v) is 10.1. The number of aromatic nitrogens is 8. The second-order valence-electron chi connectivity index (χ2n) is 10.6. The first-order valence-electron chi connectivity index (χ1n) is 13.3. The van der Waals surface area contributed by atoms with Gasteiger partial charge in [0.15, 0.2) is 22.0 Å². The molecular formula is C21H25N9O12P2S. The summed E-state index contributed by atoms with van der Waals surface area (Å²) in [5, 5.41) is 22.3. The summed E-state index contributed by atoms with van der Waals surface area (Å²) < 4.78 is 56.3. The van der Waals surface area contributed by atoms with Gasteiger partial charge < -0.3 is 40.0 Å². The molecule has 3 fully saturated rings. The normalized spacial score (nSPS) is 37.7. The number of H-pyrrole nitrogens is 2. The molecule has 2 saturated heterocycles. The molecule has 6 heterocycles. The van der Waals surface area contributed by atoms with Crippen LogP contribution in [0.25, 0.3) is 22.3 Å². The highest BCUT2D eigenvalue weighted by atomic mass is 32.1. The highest BCUT2D eigenvalue weighted by molar-refractivity contribution is 7.71. The molecule has 0 amide bonds. The quantitative estimate of drug-likeness (QED) is 0.102. The van der Waals surface area contributed by atoms with Gasteiger partial charge in [0.1, 0.15) is 35.6 Å². The largest absolute Gasteiger partial charge is 0.472 e. The number of imidazole rings is 2. The standard InChI is InChI=1S/C21H25N9O12P2S/c22-21-27-17-10(18(33)28-21)25-5-29(17)8-1-7-2-38-43(34,35)42-15-9(3-39-44(36,37)41-14(8)12(7)31)40-20(13(15)32)30-6-26-11-16(30)23-4-24-19(11)45/h4-9,12-15,20,31-32H,1-3H2,(H,34,35)(H,36,37)(H,23,24,45)(H3,22,27,28,33)/t7-,8-,9-,12?,13+,14-,15?,20-/m1/s1. The van der Waals surface area contributed by atoms with Crippen molar-refractivity contribution in [2.75, 3.05) is 18.9 Å². The second kappa shape index (κ2) is 11.1. The first-order chi connectivity index (χ1) is 21.3. The number of nitrogens with zero attached hydrogens (tertiary/aromatic N) is 6. The van der Waals surface area contributed by atoms with Crippen LogP contribution in [0.3, 0.4) is 0 Å². The van der Waals surface area contributed by atoms with Crippen LogP contribution in [-0.4, -0.2) is 103 Å². The third kappa shape index (κ3) is 5.45. The number of hydrogen-bond acceptors (Lipinski definition) is 16. The summed E-state index contributed by atoms with van der Waals surface area (Å²) in [5.41, 5.74) is 5.55. The molecule has 8 N–H and O–H groups in total. The van der Waals surface area contributed by atoms with E-state index in [1.54, 1.807) is 0 Å². The Hall–Kier alpha value is -2.98. The smallest absolute Gasteiger partial charge is 0.390 e.